The summed E-state index contributed by atoms with van der Waals surface area (Å²) in [6, 6.07) is 8.73. The lowest BCUT2D eigenvalue weighted by molar-refractivity contribution is 0.970. The van der Waals surface area contributed by atoms with Gasteiger partial charge in [-0.3, -0.25) is 0 Å². The molecule has 6 heteroatoms. The SMILES string of the molecule is CC(c1cccs1)c1sc2c(Br)c(C(C)c3cccs3)sc2c1Br. The Bertz CT molecular complexity index is 881. The van der Waals surface area contributed by atoms with Gasteiger partial charge in [-0.05, 0) is 54.8 Å². The Balaban J connectivity index is 1.78. The van der Waals surface area contributed by atoms with Crippen molar-refractivity contribution in [2.24, 2.45) is 0 Å². The normalized spacial score (nSPS) is 14.3. The van der Waals surface area contributed by atoms with Crippen LogP contribution in [-0.4, -0.2) is 0 Å². The van der Waals surface area contributed by atoms with Crippen LogP contribution in [0, 0.1) is 0 Å². The maximum Gasteiger partial charge on any atom is 0.0611 e. The minimum atomic E-state index is 0.439. The summed E-state index contributed by atoms with van der Waals surface area (Å²) in [5.74, 6) is 0.878. The summed E-state index contributed by atoms with van der Waals surface area (Å²) < 4.78 is 5.31. The molecule has 4 heterocycles. The van der Waals surface area contributed by atoms with Crippen molar-refractivity contribution in [3.63, 3.8) is 0 Å². The molecule has 0 amide bonds. The molecule has 0 aliphatic carbocycles. The van der Waals surface area contributed by atoms with Crippen LogP contribution in [0.1, 0.15) is 45.2 Å². The molecule has 0 fully saturated rings. The zero-order chi connectivity index (χ0) is 16.8. The van der Waals surface area contributed by atoms with Crippen LogP contribution in [-0.2, 0) is 0 Å². The van der Waals surface area contributed by atoms with Gasteiger partial charge in [0.05, 0.1) is 9.40 Å². The molecule has 24 heavy (non-hydrogen) atoms. The van der Waals surface area contributed by atoms with Gasteiger partial charge in [-0.1, -0.05) is 26.0 Å². The number of hydrogen-bond donors (Lipinski definition) is 0. The Morgan fingerprint density at radius 2 is 1.17 bits per heavy atom. The van der Waals surface area contributed by atoms with Crippen LogP contribution in [0.4, 0.5) is 0 Å². The molecule has 2 unspecified atom stereocenters. The van der Waals surface area contributed by atoms with E-state index < -0.39 is 0 Å². The van der Waals surface area contributed by atoms with Gasteiger partial charge in [-0.2, -0.15) is 0 Å². The van der Waals surface area contributed by atoms with Gasteiger partial charge in [0.2, 0.25) is 0 Å². The van der Waals surface area contributed by atoms with E-state index in [0.29, 0.717) is 11.8 Å². The lowest BCUT2D eigenvalue weighted by Crippen LogP contribution is -1.91. The van der Waals surface area contributed by atoms with E-state index in [0.717, 1.165) is 0 Å². The summed E-state index contributed by atoms with van der Waals surface area (Å²) in [4.78, 5) is 5.70. The Morgan fingerprint density at radius 3 is 1.50 bits per heavy atom. The summed E-state index contributed by atoms with van der Waals surface area (Å²) in [6.07, 6.45) is 0. The Hall–Kier alpha value is 0.0200. The zero-order valence-electron chi connectivity index (χ0n) is 13.0. The molecule has 4 rings (SSSR count). The van der Waals surface area contributed by atoms with Gasteiger partial charge in [-0.25, -0.2) is 0 Å². The fourth-order valence-corrected chi connectivity index (χ4v) is 9.46. The van der Waals surface area contributed by atoms with Crippen LogP contribution >= 0.6 is 77.2 Å². The first-order valence-corrected chi connectivity index (χ1v) is 12.5. The van der Waals surface area contributed by atoms with Gasteiger partial charge in [0.25, 0.3) is 0 Å². The molecule has 0 saturated heterocycles. The van der Waals surface area contributed by atoms with E-state index in [1.807, 2.05) is 45.3 Å². The van der Waals surface area contributed by atoms with Crippen LogP contribution in [0.2, 0.25) is 0 Å². The first kappa shape index (κ1) is 17.4. The van der Waals surface area contributed by atoms with Gasteiger partial charge < -0.3 is 0 Å². The fraction of sp³-hybridized carbons (Fsp3) is 0.222. The highest BCUT2D eigenvalue weighted by Crippen LogP contribution is 2.52. The van der Waals surface area contributed by atoms with Crippen molar-refractivity contribution in [1.82, 2.24) is 0 Å². The molecule has 0 aliphatic rings. The highest BCUT2D eigenvalue weighted by Gasteiger charge is 2.25. The van der Waals surface area contributed by atoms with E-state index in [9.17, 15) is 0 Å². The summed E-state index contributed by atoms with van der Waals surface area (Å²) >= 11 is 15.3. The van der Waals surface area contributed by atoms with Gasteiger partial charge in [0.15, 0.2) is 0 Å². The molecule has 0 radical (unpaired) electrons. The number of fused-ring (bicyclic) bond motifs is 1. The van der Waals surface area contributed by atoms with Crippen LogP contribution in [0.15, 0.2) is 44.0 Å². The second-order valence-electron chi connectivity index (χ2n) is 5.69. The van der Waals surface area contributed by atoms with Crippen molar-refractivity contribution in [1.29, 1.82) is 0 Å². The fourth-order valence-electron chi connectivity index (χ4n) is 2.81. The first-order chi connectivity index (χ1) is 11.6. The van der Waals surface area contributed by atoms with E-state index in [4.69, 9.17) is 0 Å². The maximum atomic E-state index is 3.89. The molecular weight excluding hydrogens is 504 g/mol. The highest BCUT2D eigenvalue weighted by atomic mass is 79.9. The summed E-state index contributed by atoms with van der Waals surface area (Å²) in [6.45, 7) is 4.60. The molecule has 0 spiro atoms. The predicted molar refractivity (Wildman–Crippen MR) is 119 cm³/mol. The third-order valence-electron chi connectivity index (χ3n) is 4.19. The van der Waals surface area contributed by atoms with Gasteiger partial charge in [0.1, 0.15) is 0 Å². The number of thiophene rings is 4. The third kappa shape index (κ3) is 2.89. The van der Waals surface area contributed by atoms with E-state index in [1.165, 1.54) is 37.9 Å². The molecule has 124 valence electrons. The Labute approximate surface area is 174 Å². The van der Waals surface area contributed by atoms with Crippen molar-refractivity contribution < 1.29 is 0 Å². The molecule has 0 bridgehead atoms. The quantitative estimate of drug-likeness (QED) is 0.253. The second kappa shape index (κ2) is 6.97. The zero-order valence-corrected chi connectivity index (χ0v) is 19.4. The third-order valence-corrected chi connectivity index (χ3v) is 11.9. The van der Waals surface area contributed by atoms with Crippen LogP contribution in [0.25, 0.3) is 9.40 Å². The molecule has 0 aliphatic heterocycles. The Kier molecular flexibility index (Phi) is 5.06. The number of hydrogen-bond acceptors (Lipinski definition) is 4. The molecule has 4 aromatic rings. The van der Waals surface area contributed by atoms with Crippen molar-refractivity contribution in [2.75, 3.05) is 0 Å². The molecular formula is C18H14Br2S4. The van der Waals surface area contributed by atoms with E-state index in [1.54, 1.807) is 0 Å². The van der Waals surface area contributed by atoms with Gasteiger partial charge in [0, 0.05) is 40.3 Å². The van der Waals surface area contributed by atoms with Crippen molar-refractivity contribution in [3.8, 4) is 0 Å². The average molecular weight is 518 g/mol. The minimum absolute atomic E-state index is 0.439. The topological polar surface area (TPSA) is 0 Å². The number of rotatable bonds is 4. The minimum Gasteiger partial charge on any atom is -0.148 e. The molecule has 4 aromatic heterocycles. The van der Waals surface area contributed by atoms with Crippen LogP contribution in [0.5, 0.6) is 0 Å². The second-order valence-corrected chi connectivity index (χ2v) is 11.3. The van der Waals surface area contributed by atoms with Crippen molar-refractivity contribution in [2.45, 2.75) is 25.7 Å². The smallest absolute Gasteiger partial charge is 0.0611 e. The van der Waals surface area contributed by atoms with E-state index >= 15 is 0 Å². The highest BCUT2D eigenvalue weighted by molar-refractivity contribution is 9.11. The standard InChI is InChI=1S/C18H14Br2S4/c1-9(11-5-3-7-21-11)15-13(19)17-18(23-15)14(20)16(24-17)10(2)12-6-4-8-22-12/h3-10H,1-2H3. The molecule has 0 saturated carbocycles. The number of halogens is 2. The van der Waals surface area contributed by atoms with Crippen molar-refractivity contribution in [3.05, 3.63) is 63.5 Å². The Morgan fingerprint density at radius 1 is 0.750 bits per heavy atom. The molecule has 0 nitrogen and oxygen atoms in total. The monoisotopic (exact) mass is 516 g/mol. The lowest BCUT2D eigenvalue weighted by Gasteiger charge is -2.09. The van der Waals surface area contributed by atoms with E-state index in [2.05, 4.69) is 80.7 Å². The van der Waals surface area contributed by atoms with E-state index in [-0.39, 0.29) is 0 Å². The largest absolute Gasteiger partial charge is 0.148 e. The average Bonchev–Trinajstić information content (AvgIpc) is 3.34. The summed E-state index contributed by atoms with van der Waals surface area (Å²) in [5.41, 5.74) is 0. The molecule has 2 atom stereocenters. The predicted octanol–water partition coefficient (Wildman–Crippen LogP) is 8.91. The van der Waals surface area contributed by atoms with Gasteiger partial charge >= 0.3 is 0 Å². The first-order valence-electron chi connectivity index (χ1n) is 7.54. The van der Waals surface area contributed by atoms with Crippen LogP contribution in [0.3, 0.4) is 0 Å². The van der Waals surface area contributed by atoms with Crippen LogP contribution < -0.4 is 0 Å². The maximum absolute atomic E-state index is 3.89. The lowest BCUT2D eigenvalue weighted by atomic mass is 10.1. The summed E-state index contributed by atoms with van der Waals surface area (Å²) in [5, 5.41) is 4.32. The van der Waals surface area contributed by atoms with Crippen molar-refractivity contribution >= 4 is 86.6 Å². The molecule has 0 aromatic carbocycles. The molecule has 0 N–H and O–H groups in total. The summed E-state index contributed by atoms with van der Waals surface area (Å²) in [7, 11) is 0. The van der Waals surface area contributed by atoms with Gasteiger partial charge in [-0.15, -0.1) is 45.3 Å².